The van der Waals surface area contributed by atoms with E-state index in [4.69, 9.17) is 4.74 Å². The monoisotopic (exact) mass is 525 g/mol. The van der Waals surface area contributed by atoms with Gasteiger partial charge in [0.1, 0.15) is 5.60 Å². The Labute approximate surface area is 193 Å². The lowest BCUT2D eigenvalue weighted by Crippen LogP contribution is -2.47. The molecule has 2 amide bonds. The molecule has 170 valence electrons. The van der Waals surface area contributed by atoms with E-state index in [2.05, 4.69) is 20.9 Å². The van der Waals surface area contributed by atoms with Crippen molar-refractivity contribution < 1.29 is 14.3 Å². The first-order valence-electron chi connectivity index (χ1n) is 10.4. The summed E-state index contributed by atoms with van der Waals surface area (Å²) in [6, 6.07) is 0.0525. The van der Waals surface area contributed by atoms with Crippen molar-refractivity contribution in [2.45, 2.75) is 79.0 Å². The van der Waals surface area contributed by atoms with E-state index in [1.807, 2.05) is 53.4 Å². The molecule has 29 heavy (non-hydrogen) atoms. The molecule has 0 aromatic carbocycles. The van der Waals surface area contributed by atoms with Crippen LogP contribution in [0.25, 0.3) is 0 Å². The van der Waals surface area contributed by atoms with Crippen LogP contribution in [-0.2, 0) is 9.53 Å². The van der Waals surface area contributed by atoms with E-state index >= 15 is 0 Å². The Kier molecular flexibility index (Phi) is 12.6. The van der Waals surface area contributed by atoms with Crippen LogP contribution in [0.5, 0.6) is 0 Å². The molecule has 0 aromatic heterocycles. The lowest BCUT2D eigenvalue weighted by molar-refractivity contribution is -0.129. The number of ether oxygens (including phenoxy) is 1. The van der Waals surface area contributed by atoms with Crippen LogP contribution in [0.15, 0.2) is 4.99 Å². The summed E-state index contributed by atoms with van der Waals surface area (Å²) in [5.41, 5.74) is -0.532. The molecule has 9 heteroatoms. The smallest absolute Gasteiger partial charge is 0.407 e. The number of carbonyl (C=O) groups excluding carboxylic acids is 2. The zero-order valence-electron chi connectivity index (χ0n) is 19.0. The van der Waals surface area contributed by atoms with Gasteiger partial charge in [-0.2, -0.15) is 0 Å². The number of amides is 2. The molecule has 1 fully saturated rings. The van der Waals surface area contributed by atoms with Crippen molar-refractivity contribution in [3.8, 4) is 0 Å². The van der Waals surface area contributed by atoms with Gasteiger partial charge in [-0.05, 0) is 40.0 Å². The molecule has 0 radical (unpaired) electrons. The highest BCUT2D eigenvalue weighted by atomic mass is 127. The van der Waals surface area contributed by atoms with Gasteiger partial charge in [0, 0.05) is 32.1 Å². The molecule has 0 saturated carbocycles. The van der Waals surface area contributed by atoms with E-state index in [1.165, 1.54) is 0 Å². The third-order valence-electron chi connectivity index (χ3n) is 4.48. The second-order valence-electron chi connectivity index (χ2n) is 8.54. The Morgan fingerprint density at radius 1 is 1.24 bits per heavy atom. The van der Waals surface area contributed by atoms with Gasteiger partial charge in [0.2, 0.25) is 5.91 Å². The fourth-order valence-corrected chi connectivity index (χ4v) is 2.91. The number of carbonyl (C=O) groups is 2. The summed E-state index contributed by atoms with van der Waals surface area (Å²) in [6.07, 6.45) is 1.01. The topological polar surface area (TPSA) is 95.1 Å². The van der Waals surface area contributed by atoms with Crippen molar-refractivity contribution in [3.63, 3.8) is 0 Å². The number of rotatable bonds is 7. The third-order valence-corrected chi connectivity index (χ3v) is 4.48. The summed E-state index contributed by atoms with van der Waals surface area (Å²) in [5, 5.41) is 9.57. The van der Waals surface area contributed by atoms with Gasteiger partial charge in [-0.15, -0.1) is 24.0 Å². The highest BCUT2D eigenvalue weighted by molar-refractivity contribution is 14.0. The zero-order chi connectivity index (χ0) is 21.3. The van der Waals surface area contributed by atoms with Crippen LogP contribution in [0.2, 0.25) is 0 Å². The van der Waals surface area contributed by atoms with Gasteiger partial charge in [0.05, 0.1) is 12.6 Å². The molecule has 0 aliphatic carbocycles. The SMILES string of the molecule is CCNC(=NCC(NC(=O)OC(C)(C)C)C(C)C)NC1CCN(C(=O)CC)C1.I. The molecule has 1 aliphatic rings. The summed E-state index contributed by atoms with van der Waals surface area (Å²) in [4.78, 5) is 30.5. The van der Waals surface area contributed by atoms with Crippen molar-refractivity contribution in [1.82, 2.24) is 20.9 Å². The molecule has 0 bridgehead atoms. The second-order valence-corrected chi connectivity index (χ2v) is 8.54. The highest BCUT2D eigenvalue weighted by Gasteiger charge is 2.26. The Morgan fingerprint density at radius 2 is 1.90 bits per heavy atom. The van der Waals surface area contributed by atoms with Gasteiger partial charge in [-0.3, -0.25) is 9.79 Å². The number of hydrogen-bond acceptors (Lipinski definition) is 4. The molecule has 1 heterocycles. The van der Waals surface area contributed by atoms with E-state index in [0.29, 0.717) is 25.5 Å². The van der Waals surface area contributed by atoms with E-state index < -0.39 is 11.7 Å². The van der Waals surface area contributed by atoms with Crippen LogP contribution in [-0.4, -0.2) is 66.7 Å². The standard InChI is InChI=1S/C20H39N5O3.HI/c1-8-17(26)25-11-10-15(13-25)23-18(21-9-2)22-12-16(14(3)4)24-19(27)28-20(5,6)7;/h14-16H,8-13H2,1-7H3,(H,24,27)(H2,21,22,23);1H. The molecule has 0 aromatic rings. The number of nitrogens with zero attached hydrogens (tertiary/aromatic N) is 2. The highest BCUT2D eigenvalue weighted by Crippen LogP contribution is 2.11. The maximum Gasteiger partial charge on any atom is 0.407 e. The van der Waals surface area contributed by atoms with Crippen LogP contribution in [0.1, 0.15) is 61.3 Å². The van der Waals surface area contributed by atoms with E-state index in [9.17, 15) is 9.59 Å². The van der Waals surface area contributed by atoms with E-state index in [-0.39, 0.29) is 47.9 Å². The van der Waals surface area contributed by atoms with Gasteiger partial charge in [0.15, 0.2) is 5.96 Å². The third kappa shape index (κ3) is 10.9. The minimum Gasteiger partial charge on any atom is -0.444 e. The van der Waals surface area contributed by atoms with Crippen molar-refractivity contribution in [2.75, 3.05) is 26.2 Å². The lowest BCUT2D eigenvalue weighted by Gasteiger charge is -2.25. The molecule has 0 spiro atoms. The maximum atomic E-state index is 12.1. The predicted molar refractivity (Wildman–Crippen MR) is 128 cm³/mol. The summed E-state index contributed by atoms with van der Waals surface area (Å²) >= 11 is 0. The van der Waals surface area contributed by atoms with Gasteiger partial charge in [-0.1, -0.05) is 20.8 Å². The first-order chi connectivity index (χ1) is 13.1. The second kappa shape index (κ2) is 13.1. The Hall–Kier alpha value is -1.26. The molecule has 1 aliphatic heterocycles. The van der Waals surface area contributed by atoms with Crippen molar-refractivity contribution in [3.05, 3.63) is 0 Å². The number of alkyl carbamates (subject to hydrolysis) is 1. The summed E-state index contributed by atoms with van der Waals surface area (Å²) < 4.78 is 5.36. The molecule has 1 saturated heterocycles. The molecular formula is C20H40IN5O3. The average Bonchev–Trinajstić information content (AvgIpc) is 3.04. The minimum absolute atomic E-state index is 0. The fraction of sp³-hybridized carbons (Fsp3) is 0.850. The maximum absolute atomic E-state index is 12.1. The molecule has 1 rings (SSSR count). The largest absolute Gasteiger partial charge is 0.444 e. The number of halogens is 1. The number of nitrogens with one attached hydrogen (secondary N) is 3. The zero-order valence-corrected chi connectivity index (χ0v) is 21.3. The van der Waals surface area contributed by atoms with Gasteiger partial charge >= 0.3 is 6.09 Å². The Bertz CT molecular complexity index is 549. The minimum atomic E-state index is -0.532. The van der Waals surface area contributed by atoms with Crippen LogP contribution in [0, 0.1) is 5.92 Å². The first kappa shape index (κ1) is 27.7. The molecule has 2 unspecified atom stereocenters. The number of hydrogen-bond donors (Lipinski definition) is 3. The molecule has 3 N–H and O–H groups in total. The quantitative estimate of drug-likeness (QED) is 0.270. The number of likely N-dealkylation sites (tertiary alicyclic amines) is 1. The van der Waals surface area contributed by atoms with Gasteiger partial charge < -0.3 is 25.6 Å². The number of aliphatic imine (C=N–C) groups is 1. The fourth-order valence-electron chi connectivity index (χ4n) is 2.91. The van der Waals surface area contributed by atoms with E-state index in [0.717, 1.165) is 19.5 Å². The normalized spacial score (nSPS) is 18.1. The van der Waals surface area contributed by atoms with Crippen LogP contribution < -0.4 is 16.0 Å². The van der Waals surface area contributed by atoms with E-state index in [1.54, 1.807) is 0 Å². The van der Waals surface area contributed by atoms with Crippen molar-refractivity contribution in [2.24, 2.45) is 10.9 Å². The van der Waals surface area contributed by atoms with Gasteiger partial charge in [-0.25, -0.2) is 4.79 Å². The van der Waals surface area contributed by atoms with Crippen LogP contribution in [0.3, 0.4) is 0 Å². The number of guanidine groups is 1. The molecule has 2 atom stereocenters. The summed E-state index contributed by atoms with van der Waals surface area (Å²) in [7, 11) is 0. The van der Waals surface area contributed by atoms with Crippen molar-refractivity contribution >= 4 is 41.9 Å². The Balaban J connectivity index is 0.00000784. The molecular weight excluding hydrogens is 485 g/mol. The van der Waals surface area contributed by atoms with Crippen LogP contribution in [0.4, 0.5) is 4.79 Å². The van der Waals surface area contributed by atoms with Gasteiger partial charge in [0.25, 0.3) is 0 Å². The Morgan fingerprint density at radius 3 is 2.41 bits per heavy atom. The molecule has 8 nitrogen and oxygen atoms in total. The average molecular weight is 525 g/mol. The predicted octanol–water partition coefficient (Wildman–Crippen LogP) is 2.72. The van der Waals surface area contributed by atoms with Crippen LogP contribution >= 0.6 is 24.0 Å². The lowest BCUT2D eigenvalue weighted by atomic mass is 10.1. The summed E-state index contributed by atoms with van der Waals surface area (Å²) in [5.74, 6) is 1.10. The first-order valence-corrected chi connectivity index (χ1v) is 10.4. The summed E-state index contributed by atoms with van der Waals surface area (Å²) in [6.45, 7) is 16.2. The van der Waals surface area contributed by atoms with Crippen molar-refractivity contribution in [1.29, 1.82) is 0 Å².